The lowest BCUT2D eigenvalue weighted by Gasteiger charge is -2.27. The first-order valence-electron chi connectivity index (χ1n) is 13.5. The van der Waals surface area contributed by atoms with Crippen molar-refractivity contribution in [1.29, 1.82) is 0 Å². The molecule has 0 radical (unpaired) electrons. The average molecular weight is 547 g/mol. The van der Waals surface area contributed by atoms with E-state index in [1.54, 1.807) is 30.7 Å². The van der Waals surface area contributed by atoms with E-state index in [1.165, 1.54) is 0 Å². The first-order chi connectivity index (χ1) is 20.2. The summed E-state index contributed by atoms with van der Waals surface area (Å²) in [6, 6.07) is 21.1. The topological polar surface area (TPSA) is 91.2 Å². The maximum Gasteiger partial charge on any atom is 0.217 e. The zero-order valence-corrected chi connectivity index (χ0v) is 22.9. The van der Waals surface area contributed by atoms with Gasteiger partial charge in [-0.05, 0) is 54.4 Å². The Bertz CT molecular complexity index is 1740. The molecule has 0 saturated heterocycles. The van der Waals surface area contributed by atoms with Gasteiger partial charge in [0, 0.05) is 54.4 Å². The number of anilines is 1. The summed E-state index contributed by atoms with van der Waals surface area (Å²) in [5.41, 5.74) is 4.55. The van der Waals surface area contributed by atoms with Crippen LogP contribution in [0.5, 0.6) is 5.75 Å². The van der Waals surface area contributed by atoms with Gasteiger partial charge in [0.25, 0.3) is 0 Å². The fourth-order valence-electron chi connectivity index (χ4n) is 5.13. The Labute approximate surface area is 237 Å². The van der Waals surface area contributed by atoms with Gasteiger partial charge in [0.05, 0.1) is 25.3 Å². The first kappa shape index (κ1) is 26.1. The van der Waals surface area contributed by atoms with Crippen LogP contribution in [0, 0.1) is 0 Å². The van der Waals surface area contributed by atoms with Crippen molar-refractivity contribution in [1.82, 2.24) is 24.1 Å². The SMILES string of the molecule is CCCn1c(-c2ccc(-n3ccnc3)cc2)cnc1[C@H](Cc1ccccn1)N(C=O)c1cc2cc(OC)ccc2o1. The zero-order valence-electron chi connectivity index (χ0n) is 22.9. The zero-order chi connectivity index (χ0) is 28.2. The van der Waals surface area contributed by atoms with Gasteiger partial charge in [-0.25, -0.2) is 9.97 Å². The molecule has 1 amide bonds. The summed E-state index contributed by atoms with van der Waals surface area (Å²) in [6.45, 7) is 2.87. The van der Waals surface area contributed by atoms with Crippen LogP contribution in [0.3, 0.4) is 0 Å². The van der Waals surface area contributed by atoms with Crippen molar-refractivity contribution < 1.29 is 13.9 Å². The van der Waals surface area contributed by atoms with Crippen LogP contribution < -0.4 is 9.64 Å². The summed E-state index contributed by atoms with van der Waals surface area (Å²) in [6.07, 6.45) is 11.3. The minimum atomic E-state index is -0.463. The number of benzene rings is 2. The van der Waals surface area contributed by atoms with E-state index in [9.17, 15) is 4.79 Å². The number of carbonyl (C=O) groups excluding carboxylic acids is 1. The van der Waals surface area contributed by atoms with E-state index in [4.69, 9.17) is 14.1 Å². The van der Waals surface area contributed by atoms with Gasteiger partial charge < -0.3 is 18.3 Å². The number of furan rings is 1. The largest absolute Gasteiger partial charge is 0.497 e. The highest BCUT2D eigenvalue weighted by Crippen LogP contribution is 2.35. The Kier molecular flexibility index (Phi) is 7.32. The highest BCUT2D eigenvalue weighted by molar-refractivity contribution is 5.86. The summed E-state index contributed by atoms with van der Waals surface area (Å²) in [5.74, 6) is 1.91. The van der Waals surface area contributed by atoms with Crippen LogP contribution in [-0.2, 0) is 17.8 Å². The third kappa shape index (κ3) is 5.21. The molecule has 0 fully saturated rings. The molecule has 6 aromatic rings. The highest BCUT2D eigenvalue weighted by Gasteiger charge is 2.29. The van der Waals surface area contributed by atoms with Crippen molar-refractivity contribution in [2.24, 2.45) is 0 Å². The van der Waals surface area contributed by atoms with Crippen molar-refractivity contribution in [3.05, 3.63) is 109 Å². The van der Waals surface area contributed by atoms with E-state index < -0.39 is 6.04 Å². The number of hydrogen-bond acceptors (Lipinski definition) is 6. The summed E-state index contributed by atoms with van der Waals surface area (Å²) >= 11 is 0. The number of fused-ring (bicyclic) bond motifs is 1. The maximum absolute atomic E-state index is 12.8. The van der Waals surface area contributed by atoms with Crippen LogP contribution >= 0.6 is 0 Å². The van der Waals surface area contributed by atoms with Crippen molar-refractivity contribution in [2.45, 2.75) is 32.4 Å². The number of ether oxygens (including phenoxy) is 1. The normalized spacial score (nSPS) is 12.0. The van der Waals surface area contributed by atoms with E-state index in [0.29, 0.717) is 17.9 Å². The molecule has 0 spiro atoms. The lowest BCUT2D eigenvalue weighted by atomic mass is 10.1. The van der Waals surface area contributed by atoms with Crippen LogP contribution in [0.2, 0.25) is 0 Å². The number of rotatable bonds is 11. The summed E-state index contributed by atoms with van der Waals surface area (Å²) in [5, 5.41) is 0.846. The summed E-state index contributed by atoms with van der Waals surface area (Å²) < 4.78 is 15.7. The second kappa shape index (κ2) is 11.5. The fourth-order valence-corrected chi connectivity index (χ4v) is 5.13. The van der Waals surface area contributed by atoms with E-state index >= 15 is 0 Å². The molecule has 0 saturated carbocycles. The molecule has 4 heterocycles. The van der Waals surface area contributed by atoms with Gasteiger partial charge in [-0.15, -0.1) is 0 Å². The van der Waals surface area contributed by atoms with E-state index in [1.807, 2.05) is 59.4 Å². The van der Waals surface area contributed by atoms with Crippen LogP contribution in [0.1, 0.15) is 30.9 Å². The van der Waals surface area contributed by atoms with Gasteiger partial charge in [-0.1, -0.05) is 25.1 Å². The second-order valence-corrected chi connectivity index (χ2v) is 9.71. The van der Waals surface area contributed by atoms with Gasteiger partial charge in [0.1, 0.15) is 23.2 Å². The van der Waals surface area contributed by atoms with Crippen molar-refractivity contribution in [3.63, 3.8) is 0 Å². The Balaban J connectivity index is 1.43. The molecule has 0 aliphatic carbocycles. The number of aromatic nitrogens is 5. The molecular weight excluding hydrogens is 516 g/mol. The lowest BCUT2D eigenvalue weighted by molar-refractivity contribution is -0.108. The Morgan fingerprint density at radius 1 is 1.05 bits per heavy atom. The van der Waals surface area contributed by atoms with Gasteiger partial charge in [0.15, 0.2) is 0 Å². The molecule has 41 heavy (non-hydrogen) atoms. The molecule has 206 valence electrons. The van der Waals surface area contributed by atoms with E-state index in [-0.39, 0.29) is 0 Å². The summed E-state index contributed by atoms with van der Waals surface area (Å²) in [4.78, 5) is 28.0. The smallest absolute Gasteiger partial charge is 0.217 e. The molecule has 0 N–H and O–H groups in total. The molecule has 2 aromatic carbocycles. The maximum atomic E-state index is 12.8. The molecule has 0 aliphatic heterocycles. The van der Waals surface area contributed by atoms with Crippen molar-refractivity contribution >= 4 is 23.3 Å². The third-order valence-corrected chi connectivity index (χ3v) is 7.14. The Morgan fingerprint density at radius 3 is 2.63 bits per heavy atom. The minimum Gasteiger partial charge on any atom is -0.497 e. The number of carbonyl (C=O) groups is 1. The number of nitrogens with zero attached hydrogens (tertiary/aromatic N) is 6. The van der Waals surface area contributed by atoms with Gasteiger partial charge in [0.2, 0.25) is 12.3 Å². The Morgan fingerprint density at radius 2 is 1.93 bits per heavy atom. The summed E-state index contributed by atoms with van der Waals surface area (Å²) in [7, 11) is 1.62. The van der Waals surface area contributed by atoms with Crippen LogP contribution in [0.4, 0.5) is 5.88 Å². The second-order valence-electron chi connectivity index (χ2n) is 9.71. The molecule has 4 aromatic heterocycles. The molecular formula is C32H30N6O3. The number of pyridine rings is 1. The number of imidazole rings is 2. The van der Waals surface area contributed by atoms with E-state index in [2.05, 4.69) is 45.7 Å². The molecule has 0 bridgehead atoms. The predicted octanol–water partition coefficient (Wildman–Crippen LogP) is 6.24. The fraction of sp³-hybridized carbons (Fsp3) is 0.188. The van der Waals surface area contributed by atoms with Gasteiger partial charge in [-0.2, -0.15) is 0 Å². The standard InChI is InChI=1S/C32H30N6O3/c1-3-15-37-29(23-7-9-26(10-8-23)36-16-14-33-21-36)20-35-32(37)28(19-25-6-4-5-13-34-25)38(22-39)31-18-24-17-27(40-2)11-12-30(24)41-31/h4-14,16-18,20-22,28H,3,15,19H2,1-2H3/t28-/m0/s1. The van der Waals surface area contributed by atoms with Gasteiger partial charge in [-0.3, -0.25) is 14.7 Å². The van der Waals surface area contributed by atoms with Gasteiger partial charge >= 0.3 is 0 Å². The molecule has 0 unspecified atom stereocenters. The predicted molar refractivity (Wildman–Crippen MR) is 157 cm³/mol. The lowest BCUT2D eigenvalue weighted by Crippen LogP contribution is -2.31. The average Bonchev–Trinajstić information content (AvgIpc) is 3.78. The molecule has 1 atom stereocenters. The first-order valence-corrected chi connectivity index (χ1v) is 13.5. The number of methoxy groups -OCH3 is 1. The molecule has 9 nitrogen and oxygen atoms in total. The van der Waals surface area contributed by atoms with E-state index in [0.717, 1.165) is 59.0 Å². The third-order valence-electron chi connectivity index (χ3n) is 7.14. The number of amides is 1. The van der Waals surface area contributed by atoms with Crippen molar-refractivity contribution in [3.8, 4) is 22.7 Å². The molecule has 6 rings (SSSR count). The minimum absolute atomic E-state index is 0.432. The van der Waals surface area contributed by atoms with Crippen LogP contribution in [0.25, 0.3) is 27.9 Å². The number of hydrogen-bond donors (Lipinski definition) is 0. The highest BCUT2D eigenvalue weighted by atomic mass is 16.5. The van der Waals surface area contributed by atoms with Crippen LogP contribution in [-0.4, -0.2) is 37.6 Å². The molecule has 0 aliphatic rings. The van der Waals surface area contributed by atoms with Crippen molar-refractivity contribution in [2.75, 3.05) is 12.0 Å². The quantitative estimate of drug-likeness (QED) is 0.179. The monoisotopic (exact) mass is 546 g/mol. The van der Waals surface area contributed by atoms with Crippen LogP contribution in [0.15, 0.2) is 102 Å². The Hall–Kier alpha value is -5.18. The molecule has 9 heteroatoms.